The van der Waals surface area contributed by atoms with Gasteiger partial charge < -0.3 is 26.8 Å². The largest absolute Gasteiger partial charge is 0.481 e. The maximum absolute atomic E-state index is 11.6. The van der Waals surface area contributed by atoms with Gasteiger partial charge in [-0.15, -0.1) is 0 Å². The lowest BCUT2D eigenvalue weighted by Gasteiger charge is -2.11. The Morgan fingerprint density at radius 1 is 1.15 bits per heavy atom. The van der Waals surface area contributed by atoms with Crippen LogP contribution in [0, 0.1) is 0 Å². The van der Waals surface area contributed by atoms with E-state index in [4.69, 9.17) is 10.8 Å². The van der Waals surface area contributed by atoms with E-state index < -0.39 is 24.3 Å². The highest BCUT2D eigenvalue weighted by molar-refractivity contribution is 5.97. The van der Waals surface area contributed by atoms with Gasteiger partial charge in [-0.1, -0.05) is 0 Å². The minimum atomic E-state index is -1.14. The van der Waals surface area contributed by atoms with Crippen LogP contribution in [0.1, 0.15) is 6.42 Å². The highest BCUT2D eigenvalue weighted by atomic mass is 16.4. The van der Waals surface area contributed by atoms with Crippen LogP contribution in [-0.2, 0) is 9.59 Å². The lowest BCUT2D eigenvalue weighted by molar-refractivity contribution is -0.138. The third kappa shape index (κ3) is 4.94. The Bertz CT molecular complexity index is 501. The molecular weight excluding hydrogens is 264 g/mol. The topological polar surface area (TPSA) is 134 Å². The molecular formula is C12H16N4O4. The molecule has 0 radical (unpaired) electrons. The second kappa shape index (κ2) is 7.10. The Hall–Kier alpha value is -2.61. The van der Waals surface area contributed by atoms with E-state index in [1.54, 1.807) is 24.3 Å². The van der Waals surface area contributed by atoms with E-state index in [2.05, 4.69) is 16.0 Å². The van der Waals surface area contributed by atoms with E-state index in [0.29, 0.717) is 11.4 Å². The number of carboxylic acids is 1. The van der Waals surface area contributed by atoms with Crippen LogP contribution in [0.15, 0.2) is 24.3 Å². The van der Waals surface area contributed by atoms with Gasteiger partial charge in [0.2, 0.25) is 5.91 Å². The first-order valence-electron chi connectivity index (χ1n) is 5.79. The molecule has 0 aliphatic carbocycles. The summed E-state index contributed by atoms with van der Waals surface area (Å²) in [5.41, 5.74) is 6.43. The molecule has 6 N–H and O–H groups in total. The molecule has 20 heavy (non-hydrogen) atoms. The fraction of sp³-hybridized carbons (Fsp3) is 0.250. The zero-order chi connectivity index (χ0) is 15.1. The second-order valence-corrected chi connectivity index (χ2v) is 3.98. The average molecular weight is 280 g/mol. The van der Waals surface area contributed by atoms with Crippen LogP contribution in [-0.4, -0.2) is 36.1 Å². The summed E-state index contributed by atoms with van der Waals surface area (Å²) < 4.78 is 0. The van der Waals surface area contributed by atoms with Crippen LogP contribution in [0.4, 0.5) is 16.2 Å². The predicted molar refractivity (Wildman–Crippen MR) is 73.4 cm³/mol. The van der Waals surface area contributed by atoms with E-state index in [1.807, 2.05) is 0 Å². The van der Waals surface area contributed by atoms with Crippen molar-refractivity contribution in [1.82, 2.24) is 5.32 Å². The quantitative estimate of drug-likeness (QED) is 0.524. The second-order valence-electron chi connectivity index (χ2n) is 3.98. The van der Waals surface area contributed by atoms with Gasteiger partial charge in [0.15, 0.2) is 0 Å². The van der Waals surface area contributed by atoms with Crippen molar-refractivity contribution in [2.24, 2.45) is 5.73 Å². The molecule has 0 fully saturated rings. The number of rotatable bonds is 5. The number of carbonyl (C=O) groups excluding carboxylic acids is 2. The first kappa shape index (κ1) is 15.4. The normalized spacial score (nSPS) is 11.3. The van der Waals surface area contributed by atoms with E-state index >= 15 is 0 Å². The predicted octanol–water partition coefficient (Wildman–Crippen LogP) is 0.178. The fourth-order valence-electron chi connectivity index (χ4n) is 1.35. The molecule has 0 bridgehead atoms. The van der Waals surface area contributed by atoms with Gasteiger partial charge in [-0.05, 0) is 24.3 Å². The number of benzene rings is 1. The molecule has 1 atom stereocenters. The van der Waals surface area contributed by atoms with Gasteiger partial charge in [-0.2, -0.15) is 0 Å². The molecule has 8 heteroatoms. The van der Waals surface area contributed by atoms with Gasteiger partial charge in [-0.25, -0.2) is 4.79 Å². The standard InChI is InChI=1S/C12H16N4O4/c1-14-12(20)16-8-4-2-7(3-5-8)15-11(19)9(13)6-10(17)18/h2-5,9H,6,13H2,1H3,(H,15,19)(H,17,18)(H2,14,16,20). The molecule has 0 saturated heterocycles. The summed E-state index contributed by atoms with van der Waals surface area (Å²) in [6, 6.07) is 4.84. The Kier molecular flexibility index (Phi) is 5.48. The minimum absolute atomic E-state index is 0.356. The van der Waals surface area contributed by atoms with Gasteiger partial charge in [0, 0.05) is 18.4 Å². The maximum atomic E-state index is 11.6. The average Bonchev–Trinajstić information content (AvgIpc) is 2.40. The Labute approximate surface area is 115 Å². The molecule has 1 unspecified atom stereocenters. The van der Waals surface area contributed by atoms with Crippen LogP contribution in [0.5, 0.6) is 0 Å². The summed E-state index contributed by atoms with van der Waals surface area (Å²) in [5, 5.41) is 16.0. The number of nitrogens with one attached hydrogen (secondary N) is 3. The van der Waals surface area contributed by atoms with Crippen LogP contribution in [0.25, 0.3) is 0 Å². The number of anilines is 2. The third-order valence-corrected chi connectivity index (χ3v) is 2.37. The van der Waals surface area contributed by atoms with Crippen molar-refractivity contribution in [2.45, 2.75) is 12.5 Å². The summed E-state index contributed by atoms with van der Waals surface area (Å²) in [7, 11) is 1.49. The number of nitrogens with two attached hydrogens (primary N) is 1. The highest BCUT2D eigenvalue weighted by Crippen LogP contribution is 2.13. The molecule has 0 heterocycles. The molecule has 0 spiro atoms. The summed E-state index contributed by atoms with van der Waals surface area (Å²) in [5.74, 6) is -1.72. The number of carboxylic acid groups (broad SMARTS) is 1. The van der Waals surface area contributed by atoms with Crippen molar-refractivity contribution in [1.29, 1.82) is 0 Å². The van der Waals surface area contributed by atoms with Crippen molar-refractivity contribution >= 4 is 29.3 Å². The van der Waals surface area contributed by atoms with Crippen molar-refractivity contribution in [3.05, 3.63) is 24.3 Å². The lowest BCUT2D eigenvalue weighted by atomic mass is 10.2. The SMILES string of the molecule is CNC(=O)Nc1ccc(NC(=O)C(N)CC(=O)O)cc1. The number of aliphatic carboxylic acids is 1. The van der Waals surface area contributed by atoms with Gasteiger partial charge in [-0.3, -0.25) is 9.59 Å². The first-order valence-corrected chi connectivity index (χ1v) is 5.79. The Morgan fingerprint density at radius 3 is 2.10 bits per heavy atom. The third-order valence-electron chi connectivity index (χ3n) is 2.37. The molecule has 1 aromatic rings. The number of urea groups is 1. The molecule has 108 valence electrons. The zero-order valence-electron chi connectivity index (χ0n) is 10.8. The lowest BCUT2D eigenvalue weighted by Crippen LogP contribution is -2.37. The Morgan fingerprint density at radius 2 is 1.65 bits per heavy atom. The molecule has 0 aromatic heterocycles. The van der Waals surface area contributed by atoms with Crippen molar-refractivity contribution < 1.29 is 19.5 Å². The minimum Gasteiger partial charge on any atom is -0.481 e. The molecule has 0 aliphatic rings. The van der Waals surface area contributed by atoms with Crippen LogP contribution >= 0.6 is 0 Å². The maximum Gasteiger partial charge on any atom is 0.318 e. The number of carbonyl (C=O) groups is 3. The van der Waals surface area contributed by atoms with Crippen LogP contribution < -0.4 is 21.7 Å². The molecule has 8 nitrogen and oxygen atoms in total. The van der Waals surface area contributed by atoms with Crippen molar-refractivity contribution in [3.8, 4) is 0 Å². The van der Waals surface area contributed by atoms with E-state index in [-0.39, 0.29) is 6.03 Å². The van der Waals surface area contributed by atoms with E-state index in [9.17, 15) is 14.4 Å². The Balaban J connectivity index is 2.59. The molecule has 3 amide bonds. The smallest absolute Gasteiger partial charge is 0.318 e. The molecule has 1 aromatic carbocycles. The zero-order valence-corrected chi connectivity index (χ0v) is 10.8. The number of hydrogen-bond donors (Lipinski definition) is 5. The summed E-state index contributed by atoms with van der Waals surface area (Å²) in [4.78, 5) is 33.1. The van der Waals surface area contributed by atoms with Gasteiger partial charge in [0.1, 0.15) is 0 Å². The van der Waals surface area contributed by atoms with E-state index in [0.717, 1.165) is 0 Å². The summed E-state index contributed by atoms with van der Waals surface area (Å²) in [6.07, 6.45) is -0.442. The van der Waals surface area contributed by atoms with Crippen molar-refractivity contribution in [2.75, 3.05) is 17.7 Å². The summed E-state index contributed by atoms with van der Waals surface area (Å²) in [6.45, 7) is 0. The fourth-order valence-corrected chi connectivity index (χ4v) is 1.35. The monoisotopic (exact) mass is 280 g/mol. The molecule has 1 rings (SSSR count). The first-order chi connectivity index (χ1) is 9.42. The van der Waals surface area contributed by atoms with Crippen LogP contribution in [0.3, 0.4) is 0 Å². The van der Waals surface area contributed by atoms with Gasteiger partial charge in [0.05, 0.1) is 12.5 Å². The highest BCUT2D eigenvalue weighted by Gasteiger charge is 2.16. The van der Waals surface area contributed by atoms with Crippen molar-refractivity contribution in [3.63, 3.8) is 0 Å². The van der Waals surface area contributed by atoms with Gasteiger partial charge >= 0.3 is 12.0 Å². The van der Waals surface area contributed by atoms with E-state index in [1.165, 1.54) is 7.05 Å². The summed E-state index contributed by atoms with van der Waals surface area (Å²) >= 11 is 0. The number of hydrogen-bond acceptors (Lipinski definition) is 4. The molecule has 0 aliphatic heterocycles. The van der Waals surface area contributed by atoms with Gasteiger partial charge in [0.25, 0.3) is 0 Å². The van der Waals surface area contributed by atoms with Crippen LogP contribution in [0.2, 0.25) is 0 Å². The number of amides is 3. The molecule has 0 saturated carbocycles.